The number of amides is 1. The molecule has 1 aromatic rings. The van der Waals surface area contributed by atoms with Crippen molar-refractivity contribution >= 4 is 17.2 Å². The number of aryl methyl sites for hydroxylation is 1. The van der Waals surface area contributed by atoms with E-state index in [4.69, 9.17) is 0 Å². The second-order valence-corrected chi connectivity index (χ2v) is 3.78. The Kier molecular flexibility index (Phi) is 2.81. The third-order valence-corrected chi connectivity index (χ3v) is 2.29. The largest absolute Gasteiger partial charge is 0.348 e. The van der Waals surface area contributed by atoms with Gasteiger partial charge in [-0.2, -0.15) is 0 Å². The summed E-state index contributed by atoms with van der Waals surface area (Å²) in [5.41, 5.74) is 0.938. The monoisotopic (exact) mass is 184 g/mol. The summed E-state index contributed by atoms with van der Waals surface area (Å²) in [4.78, 5) is 15.0. The van der Waals surface area contributed by atoms with Gasteiger partial charge in [-0.15, -0.1) is 11.3 Å². The fourth-order valence-electron chi connectivity index (χ4n) is 0.958. The number of hydrogen-bond acceptors (Lipinski definition) is 3. The number of nitrogens with zero attached hydrogens (tertiary/aromatic N) is 1. The Balaban J connectivity index is 2.64. The quantitative estimate of drug-likeness (QED) is 0.759. The van der Waals surface area contributed by atoms with Crippen molar-refractivity contribution in [1.29, 1.82) is 0 Å². The topological polar surface area (TPSA) is 42.0 Å². The zero-order valence-electron chi connectivity index (χ0n) is 7.42. The molecule has 1 rings (SSSR count). The molecule has 0 saturated carbocycles. The maximum absolute atomic E-state index is 10.7. The van der Waals surface area contributed by atoms with E-state index in [0.29, 0.717) is 0 Å². The van der Waals surface area contributed by atoms with Gasteiger partial charge >= 0.3 is 0 Å². The van der Waals surface area contributed by atoms with E-state index in [9.17, 15) is 4.79 Å². The molecule has 0 radical (unpaired) electrons. The first-order valence-corrected chi connectivity index (χ1v) is 4.66. The summed E-state index contributed by atoms with van der Waals surface area (Å²) >= 11 is 1.60. The molecule has 4 heteroatoms. The first-order chi connectivity index (χ1) is 5.59. The van der Waals surface area contributed by atoms with Crippen LogP contribution in [0.15, 0.2) is 5.38 Å². The molecular weight excluding hydrogens is 172 g/mol. The summed E-state index contributed by atoms with van der Waals surface area (Å²) in [6, 6.07) is 0.0208. The van der Waals surface area contributed by atoms with Gasteiger partial charge in [-0.05, 0) is 13.8 Å². The molecule has 0 spiro atoms. The lowest BCUT2D eigenvalue weighted by molar-refractivity contribution is -0.119. The number of hydrogen-bond donors (Lipinski definition) is 1. The molecule has 0 bridgehead atoms. The maximum atomic E-state index is 10.7. The molecule has 0 fully saturated rings. The van der Waals surface area contributed by atoms with Crippen molar-refractivity contribution in [3.8, 4) is 0 Å². The Morgan fingerprint density at radius 3 is 2.83 bits per heavy atom. The van der Waals surface area contributed by atoms with Crippen LogP contribution in [0.4, 0.5) is 0 Å². The average molecular weight is 184 g/mol. The number of aromatic nitrogens is 1. The summed E-state index contributed by atoms with van der Waals surface area (Å²) in [6.07, 6.45) is 0. The average Bonchev–Trinajstić information content (AvgIpc) is 2.34. The maximum Gasteiger partial charge on any atom is 0.217 e. The molecule has 66 valence electrons. The number of carbonyl (C=O) groups excluding carboxylic acids is 1. The minimum absolute atomic E-state index is 0.0202. The Bertz CT molecular complexity index is 282. The van der Waals surface area contributed by atoms with Gasteiger partial charge in [0.1, 0.15) is 0 Å². The number of nitrogens with one attached hydrogen (secondary N) is 1. The number of rotatable bonds is 2. The van der Waals surface area contributed by atoms with Gasteiger partial charge in [0.15, 0.2) is 0 Å². The molecule has 0 saturated heterocycles. The van der Waals surface area contributed by atoms with Crippen molar-refractivity contribution in [3.05, 3.63) is 16.1 Å². The molecule has 0 aliphatic heterocycles. The smallest absolute Gasteiger partial charge is 0.217 e. The van der Waals surface area contributed by atoms with Crippen molar-refractivity contribution in [2.45, 2.75) is 26.8 Å². The predicted molar refractivity (Wildman–Crippen MR) is 49.1 cm³/mol. The summed E-state index contributed by atoms with van der Waals surface area (Å²) in [6.45, 7) is 5.39. The van der Waals surface area contributed by atoms with Crippen LogP contribution in [-0.4, -0.2) is 10.9 Å². The van der Waals surface area contributed by atoms with Crippen molar-refractivity contribution in [3.63, 3.8) is 0 Å². The highest BCUT2D eigenvalue weighted by Crippen LogP contribution is 2.15. The molecule has 12 heavy (non-hydrogen) atoms. The van der Waals surface area contributed by atoms with Crippen LogP contribution in [0.3, 0.4) is 0 Å². The third-order valence-electron chi connectivity index (χ3n) is 1.50. The van der Waals surface area contributed by atoms with E-state index >= 15 is 0 Å². The minimum atomic E-state index is -0.0202. The SMILES string of the molecule is CC(=O)NC(C)c1csc(C)n1. The van der Waals surface area contributed by atoms with Crippen LogP contribution >= 0.6 is 11.3 Å². The summed E-state index contributed by atoms with van der Waals surface area (Å²) in [5.74, 6) is -0.0202. The van der Waals surface area contributed by atoms with Crippen LogP contribution in [0.25, 0.3) is 0 Å². The van der Waals surface area contributed by atoms with Gasteiger partial charge < -0.3 is 5.32 Å². The highest BCUT2D eigenvalue weighted by atomic mass is 32.1. The molecule has 0 aromatic carbocycles. The fourth-order valence-corrected chi connectivity index (χ4v) is 1.66. The van der Waals surface area contributed by atoms with E-state index in [-0.39, 0.29) is 11.9 Å². The third kappa shape index (κ3) is 2.30. The van der Waals surface area contributed by atoms with E-state index in [1.807, 2.05) is 19.2 Å². The summed E-state index contributed by atoms with van der Waals surface area (Å²) < 4.78 is 0. The summed E-state index contributed by atoms with van der Waals surface area (Å²) in [5, 5.41) is 5.78. The van der Waals surface area contributed by atoms with E-state index in [1.54, 1.807) is 11.3 Å². The predicted octanol–water partition coefficient (Wildman–Crippen LogP) is 1.65. The normalized spacial score (nSPS) is 12.6. The molecule has 1 heterocycles. The Hall–Kier alpha value is -0.900. The van der Waals surface area contributed by atoms with Crippen LogP contribution in [0.1, 0.15) is 30.6 Å². The van der Waals surface area contributed by atoms with Crippen molar-refractivity contribution in [2.24, 2.45) is 0 Å². The van der Waals surface area contributed by atoms with Gasteiger partial charge in [-0.25, -0.2) is 4.98 Å². The molecule has 0 aliphatic rings. The van der Waals surface area contributed by atoms with E-state index in [0.717, 1.165) is 10.7 Å². The first-order valence-electron chi connectivity index (χ1n) is 3.78. The van der Waals surface area contributed by atoms with Gasteiger partial charge in [-0.3, -0.25) is 4.79 Å². The first kappa shape index (κ1) is 9.19. The van der Waals surface area contributed by atoms with E-state index in [2.05, 4.69) is 10.3 Å². The molecule has 0 aliphatic carbocycles. The molecular formula is C8H12N2OS. The van der Waals surface area contributed by atoms with Crippen molar-refractivity contribution < 1.29 is 4.79 Å². The lowest BCUT2D eigenvalue weighted by atomic mass is 10.2. The van der Waals surface area contributed by atoms with Crippen LogP contribution < -0.4 is 5.32 Å². The van der Waals surface area contributed by atoms with Crippen LogP contribution in [-0.2, 0) is 4.79 Å². The molecule has 1 amide bonds. The van der Waals surface area contributed by atoms with E-state index in [1.165, 1.54) is 6.92 Å². The van der Waals surface area contributed by atoms with Crippen molar-refractivity contribution in [1.82, 2.24) is 10.3 Å². The van der Waals surface area contributed by atoms with Gasteiger partial charge in [0.25, 0.3) is 0 Å². The lowest BCUT2D eigenvalue weighted by Gasteiger charge is -2.08. The van der Waals surface area contributed by atoms with E-state index < -0.39 is 0 Å². The highest BCUT2D eigenvalue weighted by Gasteiger charge is 2.08. The zero-order valence-corrected chi connectivity index (χ0v) is 8.23. The standard InChI is InChI=1S/C8H12N2OS/c1-5(9-6(2)11)8-4-12-7(3)10-8/h4-5H,1-3H3,(H,9,11). The molecule has 1 atom stereocenters. The van der Waals surface area contributed by atoms with Crippen molar-refractivity contribution in [2.75, 3.05) is 0 Å². The zero-order chi connectivity index (χ0) is 9.14. The molecule has 1 unspecified atom stereocenters. The molecule has 1 aromatic heterocycles. The Morgan fingerprint density at radius 2 is 2.42 bits per heavy atom. The highest BCUT2D eigenvalue weighted by molar-refractivity contribution is 7.09. The van der Waals surface area contributed by atoms with Gasteiger partial charge in [0.2, 0.25) is 5.91 Å². The Labute approximate surface area is 75.8 Å². The fraction of sp³-hybridized carbons (Fsp3) is 0.500. The summed E-state index contributed by atoms with van der Waals surface area (Å²) in [7, 11) is 0. The molecule has 3 nitrogen and oxygen atoms in total. The second-order valence-electron chi connectivity index (χ2n) is 2.71. The van der Waals surface area contributed by atoms with Gasteiger partial charge in [0.05, 0.1) is 16.7 Å². The second kappa shape index (κ2) is 3.67. The van der Waals surface area contributed by atoms with Crippen LogP contribution in [0.2, 0.25) is 0 Å². The molecule has 1 N–H and O–H groups in total. The van der Waals surface area contributed by atoms with Crippen LogP contribution in [0, 0.1) is 6.92 Å². The van der Waals surface area contributed by atoms with Gasteiger partial charge in [0, 0.05) is 12.3 Å². The minimum Gasteiger partial charge on any atom is -0.348 e. The number of thiazole rings is 1. The lowest BCUT2D eigenvalue weighted by Crippen LogP contribution is -2.23. The van der Waals surface area contributed by atoms with Crippen LogP contribution in [0.5, 0.6) is 0 Å². The Morgan fingerprint density at radius 1 is 1.75 bits per heavy atom. The van der Waals surface area contributed by atoms with Gasteiger partial charge in [-0.1, -0.05) is 0 Å². The number of carbonyl (C=O) groups is 1.